The topological polar surface area (TPSA) is 61.3 Å². The molecule has 20 heavy (non-hydrogen) atoms. The maximum Gasteiger partial charge on any atom is 0.231 e. The number of nitrogen functional groups attached to an aromatic ring is 1. The smallest absolute Gasteiger partial charge is 0.231 e. The van der Waals surface area contributed by atoms with Crippen molar-refractivity contribution in [3.8, 4) is 27.4 Å². The van der Waals surface area contributed by atoms with Gasteiger partial charge in [0.2, 0.25) is 5.88 Å². The quantitative estimate of drug-likeness (QED) is 0.759. The van der Waals surface area contributed by atoms with Gasteiger partial charge in [0, 0.05) is 10.4 Å². The second kappa shape index (κ2) is 5.30. The summed E-state index contributed by atoms with van der Waals surface area (Å²) in [6, 6.07) is 9.71. The highest BCUT2D eigenvalue weighted by Crippen LogP contribution is 2.40. The molecule has 102 valence electrons. The highest BCUT2D eigenvalue weighted by molar-refractivity contribution is 9.10. The maximum atomic E-state index is 5.91. The highest BCUT2D eigenvalue weighted by atomic mass is 79.9. The van der Waals surface area contributed by atoms with Crippen LogP contribution in [-0.4, -0.2) is 12.3 Å². The minimum absolute atomic E-state index is 0.328. The number of nitrogens with zero attached hydrogens (tertiary/aromatic N) is 1. The normalized spacial score (nSPS) is 10.7. The fourth-order valence-corrected chi connectivity index (χ4v) is 3.29. The Kier molecular flexibility index (Phi) is 3.50. The van der Waals surface area contributed by atoms with Gasteiger partial charge in [0.1, 0.15) is 11.4 Å². The van der Waals surface area contributed by atoms with E-state index >= 15 is 0 Å². The lowest BCUT2D eigenvalue weighted by Gasteiger charge is -2.05. The Balaban J connectivity index is 2.14. The summed E-state index contributed by atoms with van der Waals surface area (Å²) in [5.74, 6) is 1.09. The standard InChI is InChI=1S/C14H11BrN2O2S/c1-18-10-5-4-8(7-9(10)15)13-12(14(16)19-17-13)11-3-2-6-20-11/h2-7H,16H2,1H3. The number of rotatable bonds is 3. The molecule has 0 aliphatic heterocycles. The van der Waals surface area contributed by atoms with E-state index in [2.05, 4.69) is 21.1 Å². The minimum Gasteiger partial charge on any atom is -0.496 e. The molecule has 0 aliphatic rings. The van der Waals surface area contributed by atoms with Gasteiger partial charge in [-0.3, -0.25) is 0 Å². The molecule has 2 heterocycles. The first-order valence-electron chi connectivity index (χ1n) is 5.83. The van der Waals surface area contributed by atoms with E-state index < -0.39 is 0 Å². The zero-order valence-corrected chi connectivity index (χ0v) is 13.0. The Labute approximate surface area is 128 Å². The third-order valence-electron chi connectivity index (χ3n) is 2.91. The zero-order chi connectivity index (χ0) is 14.1. The summed E-state index contributed by atoms with van der Waals surface area (Å²) in [6.07, 6.45) is 0. The number of hydrogen-bond acceptors (Lipinski definition) is 5. The lowest BCUT2D eigenvalue weighted by atomic mass is 10.1. The van der Waals surface area contributed by atoms with E-state index in [4.69, 9.17) is 15.0 Å². The first kappa shape index (κ1) is 13.2. The average molecular weight is 351 g/mol. The van der Waals surface area contributed by atoms with Gasteiger partial charge in [-0.05, 0) is 45.6 Å². The van der Waals surface area contributed by atoms with Crippen LogP contribution < -0.4 is 10.5 Å². The Morgan fingerprint density at radius 1 is 1.35 bits per heavy atom. The van der Waals surface area contributed by atoms with E-state index in [9.17, 15) is 0 Å². The molecule has 0 unspecified atom stereocenters. The van der Waals surface area contributed by atoms with Gasteiger partial charge in [0.05, 0.1) is 17.1 Å². The van der Waals surface area contributed by atoms with Gasteiger partial charge in [-0.25, -0.2) is 0 Å². The van der Waals surface area contributed by atoms with E-state index in [0.717, 1.165) is 31.9 Å². The molecule has 0 saturated heterocycles. The van der Waals surface area contributed by atoms with Crippen LogP contribution in [0.2, 0.25) is 0 Å². The van der Waals surface area contributed by atoms with Crippen molar-refractivity contribution in [2.24, 2.45) is 0 Å². The number of hydrogen-bond donors (Lipinski definition) is 1. The number of benzene rings is 1. The zero-order valence-electron chi connectivity index (χ0n) is 10.6. The largest absolute Gasteiger partial charge is 0.496 e. The van der Waals surface area contributed by atoms with Gasteiger partial charge in [-0.15, -0.1) is 11.3 Å². The average Bonchev–Trinajstić information content (AvgIpc) is 3.07. The van der Waals surface area contributed by atoms with Crippen LogP contribution in [0.15, 0.2) is 44.7 Å². The summed E-state index contributed by atoms with van der Waals surface area (Å²) in [6.45, 7) is 0. The Morgan fingerprint density at radius 3 is 2.85 bits per heavy atom. The van der Waals surface area contributed by atoms with Gasteiger partial charge in [-0.2, -0.15) is 0 Å². The van der Waals surface area contributed by atoms with Gasteiger partial charge in [-0.1, -0.05) is 11.2 Å². The summed E-state index contributed by atoms with van der Waals surface area (Å²) < 4.78 is 11.2. The van der Waals surface area contributed by atoms with Crippen molar-refractivity contribution in [1.29, 1.82) is 0 Å². The summed E-state index contributed by atoms with van der Waals surface area (Å²) in [5.41, 5.74) is 8.38. The van der Waals surface area contributed by atoms with Crippen molar-refractivity contribution in [1.82, 2.24) is 5.16 Å². The van der Waals surface area contributed by atoms with Crippen LogP contribution >= 0.6 is 27.3 Å². The number of methoxy groups -OCH3 is 1. The lowest BCUT2D eigenvalue weighted by molar-refractivity contribution is 0.412. The Morgan fingerprint density at radius 2 is 2.20 bits per heavy atom. The molecule has 0 radical (unpaired) electrons. The number of thiophene rings is 1. The second-order valence-corrected chi connectivity index (χ2v) is 5.90. The fraction of sp³-hybridized carbons (Fsp3) is 0.0714. The number of ether oxygens (including phenoxy) is 1. The predicted octanol–water partition coefficient (Wildman–Crippen LogP) is 4.42. The third-order valence-corrected chi connectivity index (χ3v) is 4.42. The van der Waals surface area contributed by atoms with Crippen LogP contribution in [0.1, 0.15) is 0 Å². The first-order chi connectivity index (χ1) is 9.70. The maximum absolute atomic E-state index is 5.91. The number of anilines is 1. The van der Waals surface area contributed by atoms with Crippen LogP contribution in [0.4, 0.5) is 5.88 Å². The Hall–Kier alpha value is -1.79. The molecule has 0 fully saturated rings. The van der Waals surface area contributed by atoms with Crippen molar-refractivity contribution in [3.05, 3.63) is 40.2 Å². The molecule has 0 aliphatic carbocycles. The van der Waals surface area contributed by atoms with Gasteiger partial charge in [0.15, 0.2) is 0 Å². The molecule has 4 nitrogen and oxygen atoms in total. The molecule has 0 spiro atoms. The van der Waals surface area contributed by atoms with Crippen LogP contribution in [0, 0.1) is 0 Å². The number of halogens is 1. The van der Waals surface area contributed by atoms with Gasteiger partial charge in [0.25, 0.3) is 0 Å². The van der Waals surface area contributed by atoms with E-state index in [1.54, 1.807) is 18.4 Å². The minimum atomic E-state index is 0.328. The van der Waals surface area contributed by atoms with Gasteiger partial charge < -0.3 is 15.0 Å². The molecule has 2 N–H and O–H groups in total. The van der Waals surface area contributed by atoms with Crippen molar-refractivity contribution >= 4 is 33.2 Å². The van der Waals surface area contributed by atoms with Crippen LogP contribution in [0.3, 0.4) is 0 Å². The Bertz CT molecular complexity index is 738. The van der Waals surface area contributed by atoms with Crippen molar-refractivity contribution in [2.75, 3.05) is 12.8 Å². The van der Waals surface area contributed by atoms with Crippen LogP contribution in [0.25, 0.3) is 21.7 Å². The van der Waals surface area contributed by atoms with E-state index in [-0.39, 0.29) is 0 Å². The molecule has 0 amide bonds. The predicted molar refractivity (Wildman–Crippen MR) is 83.9 cm³/mol. The SMILES string of the molecule is COc1ccc(-c2noc(N)c2-c2cccs2)cc1Br. The van der Waals surface area contributed by atoms with Crippen molar-refractivity contribution < 1.29 is 9.26 Å². The number of aromatic nitrogens is 1. The fourth-order valence-electron chi connectivity index (χ4n) is 1.97. The molecule has 2 aromatic heterocycles. The molecule has 0 saturated carbocycles. The third kappa shape index (κ3) is 2.21. The van der Waals surface area contributed by atoms with Crippen LogP contribution in [0.5, 0.6) is 5.75 Å². The highest BCUT2D eigenvalue weighted by Gasteiger charge is 2.18. The molecular weight excluding hydrogens is 340 g/mol. The van der Waals surface area contributed by atoms with Crippen molar-refractivity contribution in [2.45, 2.75) is 0 Å². The lowest BCUT2D eigenvalue weighted by Crippen LogP contribution is -1.88. The second-order valence-electron chi connectivity index (χ2n) is 4.10. The van der Waals surface area contributed by atoms with E-state index in [1.165, 1.54) is 0 Å². The van der Waals surface area contributed by atoms with Gasteiger partial charge >= 0.3 is 0 Å². The van der Waals surface area contributed by atoms with E-state index in [0.29, 0.717) is 5.88 Å². The molecule has 6 heteroatoms. The monoisotopic (exact) mass is 350 g/mol. The summed E-state index contributed by atoms with van der Waals surface area (Å²) in [7, 11) is 1.63. The van der Waals surface area contributed by atoms with E-state index in [1.807, 2.05) is 35.7 Å². The molecule has 0 bridgehead atoms. The molecule has 1 aromatic carbocycles. The molecular formula is C14H11BrN2O2S. The van der Waals surface area contributed by atoms with Crippen LogP contribution in [-0.2, 0) is 0 Å². The van der Waals surface area contributed by atoms with Crippen molar-refractivity contribution in [3.63, 3.8) is 0 Å². The number of nitrogens with two attached hydrogens (primary N) is 1. The summed E-state index contributed by atoms with van der Waals surface area (Å²) in [5, 5.41) is 6.08. The molecule has 3 aromatic rings. The first-order valence-corrected chi connectivity index (χ1v) is 7.51. The molecule has 0 atom stereocenters. The summed E-state index contributed by atoms with van der Waals surface area (Å²) in [4.78, 5) is 1.03. The molecule has 3 rings (SSSR count). The summed E-state index contributed by atoms with van der Waals surface area (Å²) >= 11 is 5.07.